The van der Waals surface area contributed by atoms with E-state index in [1.165, 1.54) is 0 Å². The Kier molecular flexibility index (Phi) is 4.43. The zero-order valence-corrected chi connectivity index (χ0v) is 9.85. The lowest BCUT2D eigenvalue weighted by molar-refractivity contribution is 0.0189. The third-order valence-electron chi connectivity index (χ3n) is 3.33. The molecule has 0 atom stereocenters. The smallest absolute Gasteiger partial charge is 0.0645 e. The van der Waals surface area contributed by atoms with Gasteiger partial charge in [0.15, 0.2) is 0 Å². The van der Waals surface area contributed by atoms with Crippen LogP contribution >= 0.6 is 0 Å². The molecule has 1 fully saturated rings. The first-order chi connectivity index (χ1) is 7.84. The van der Waals surface area contributed by atoms with Gasteiger partial charge in [0.1, 0.15) is 0 Å². The van der Waals surface area contributed by atoms with Gasteiger partial charge in [0, 0.05) is 19.1 Å². The number of nitrogens with two attached hydrogens (primary N) is 1. The summed E-state index contributed by atoms with van der Waals surface area (Å²) >= 11 is 0. The molecule has 0 amide bonds. The Morgan fingerprint density at radius 2 is 2.00 bits per heavy atom. The molecule has 1 saturated carbocycles. The van der Waals surface area contributed by atoms with E-state index in [1.54, 1.807) is 0 Å². The first-order valence-electron chi connectivity index (χ1n) is 6.29. The molecule has 0 radical (unpaired) electrons. The van der Waals surface area contributed by atoms with Crippen molar-refractivity contribution in [1.82, 2.24) is 4.90 Å². The maximum absolute atomic E-state index is 5.88. The average molecular weight is 222 g/mol. The van der Waals surface area contributed by atoms with E-state index in [4.69, 9.17) is 10.5 Å². The number of nitrogens with zero attached hydrogens (tertiary/aromatic N) is 1. The normalized spacial score (nSPS) is 29.7. The second kappa shape index (κ2) is 6.06. The fraction of sp³-hybridized carbons (Fsp3) is 0.692. The van der Waals surface area contributed by atoms with Gasteiger partial charge in [0.25, 0.3) is 0 Å². The van der Waals surface area contributed by atoms with Crippen molar-refractivity contribution < 1.29 is 4.74 Å². The maximum Gasteiger partial charge on any atom is 0.0645 e. The third-order valence-corrected chi connectivity index (χ3v) is 3.33. The lowest BCUT2D eigenvalue weighted by Gasteiger charge is -2.27. The Morgan fingerprint density at radius 3 is 2.69 bits per heavy atom. The number of rotatable bonds is 4. The van der Waals surface area contributed by atoms with Crippen LogP contribution < -0.4 is 5.73 Å². The van der Waals surface area contributed by atoms with Crippen LogP contribution in [-0.4, -0.2) is 36.7 Å². The van der Waals surface area contributed by atoms with Crippen molar-refractivity contribution in [2.24, 2.45) is 5.73 Å². The molecule has 1 aliphatic carbocycles. The fourth-order valence-electron chi connectivity index (χ4n) is 2.26. The SMILES string of the molecule is NC1CCC(OCCN2C=CC=CC2)CC1. The van der Waals surface area contributed by atoms with Crippen molar-refractivity contribution in [3.8, 4) is 0 Å². The van der Waals surface area contributed by atoms with Crippen molar-refractivity contribution in [2.75, 3.05) is 19.7 Å². The molecule has 0 aromatic heterocycles. The Bertz CT molecular complexity index is 255. The van der Waals surface area contributed by atoms with Gasteiger partial charge in [-0.1, -0.05) is 12.2 Å². The fourth-order valence-corrected chi connectivity index (χ4v) is 2.26. The van der Waals surface area contributed by atoms with Gasteiger partial charge in [-0.2, -0.15) is 0 Å². The molecule has 1 heterocycles. The van der Waals surface area contributed by atoms with Gasteiger partial charge in [0.05, 0.1) is 12.7 Å². The highest BCUT2D eigenvalue weighted by atomic mass is 16.5. The van der Waals surface area contributed by atoms with Gasteiger partial charge in [-0.15, -0.1) is 0 Å². The zero-order valence-electron chi connectivity index (χ0n) is 9.85. The molecule has 0 bridgehead atoms. The van der Waals surface area contributed by atoms with E-state index in [9.17, 15) is 0 Å². The predicted octanol–water partition coefficient (Wildman–Crippen LogP) is 1.66. The topological polar surface area (TPSA) is 38.5 Å². The molecule has 2 rings (SSSR count). The average Bonchev–Trinajstić information content (AvgIpc) is 2.33. The van der Waals surface area contributed by atoms with Crippen molar-refractivity contribution in [1.29, 1.82) is 0 Å². The highest BCUT2D eigenvalue weighted by Crippen LogP contribution is 2.19. The zero-order chi connectivity index (χ0) is 11.2. The van der Waals surface area contributed by atoms with Crippen LogP contribution in [0.2, 0.25) is 0 Å². The third kappa shape index (κ3) is 3.65. The van der Waals surface area contributed by atoms with Gasteiger partial charge in [-0.3, -0.25) is 0 Å². The summed E-state index contributed by atoms with van der Waals surface area (Å²) in [5, 5.41) is 0. The van der Waals surface area contributed by atoms with Gasteiger partial charge < -0.3 is 15.4 Å². The van der Waals surface area contributed by atoms with E-state index in [0.717, 1.165) is 45.4 Å². The molecule has 0 aromatic carbocycles. The standard InChI is InChI=1S/C13H22N2O/c14-12-4-6-13(7-5-12)16-11-10-15-8-2-1-3-9-15/h1-3,8,12-13H,4-7,9-11,14H2. The van der Waals surface area contributed by atoms with Crippen LogP contribution in [0.25, 0.3) is 0 Å². The lowest BCUT2D eigenvalue weighted by atomic mass is 9.94. The minimum absolute atomic E-state index is 0.412. The molecule has 3 nitrogen and oxygen atoms in total. The Balaban J connectivity index is 1.57. The molecule has 16 heavy (non-hydrogen) atoms. The molecular formula is C13H22N2O. The first-order valence-corrected chi connectivity index (χ1v) is 6.29. The summed E-state index contributed by atoms with van der Waals surface area (Å²) in [6, 6.07) is 0.412. The molecule has 3 heteroatoms. The molecule has 2 N–H and O–H groups in total. The summed E-state index contributed by atoms with van der Waals surface area (Å²) < 4.78 is 5.88. The van der Waals surface area contributed by atoms with E-state index in [0.29, 0.717) is 12.1 Å². The summed E-state index contributed by atoms with van der Waals surface area (Å²) in [6.45, 7) is 2.83. The molecular weight excluding hydrogens is 200 g/mol. The van der Waals surface area contributed by atoms with E-state index < -0.39 is 0 Å². The van der Waals surface area contributed by atoms with Gasteiger partial charge in [0.2, 0.25) is 0 Å². The maximum atomic E-state index is 5.88. The second-order valence-electron chi connectivity index (χ2n) is 4.67. The van der Waals surface area contributed by atoms with Gasteiger partial charge in [-0.25, -0.2) is 0 Å². The number of hydrogen-bond acceptors (Lipinski definition) is 3. The van der Waals surface area contributed by atoms with Crippen LogP contribution in [0.5, 0.6) is 0 Å². The van der Waals surface area contributed by atoms with Crippen LogP contribution in [0.4, 0.5) is 0 Å². The van der Waals surface area contributed by atoms with Gasteiger partial charge >= 0.3 is 0 Å². The summed E-state index contributed by atoms with van der Waals surface area (Å²) in [5.74, 6) is 0. The quantitative estimate of drug-likeness (QED) is 0.786. The Hall–Kier alpha value is -0.800. The Morgan fingerprint density at radius 1 is 1.19 bits per heavy atom. The van der Waals surface area contributed by atoms with Crippen LogP contribution in [0.1, 0.15) is 25.7 Å². The van der Waals surface area contributed by atoms with Gasteiger partial charge in [-0.05, 0) is 38.0 Å². The van der Waals surface area contributed by atoms with Crippen molar-refractivity contribution in [2.45, 2.75) is 37.8 Å². The second-order valence-corrected chi connectivity index (χ2v) is 4.67. The molecule has 0 aromatic rings. The van der Waals surface area contributed by atoms with E-state index in [1.807, 2.05) is 0 Å². The minimum Gasteiger partial charge on any atom is -0.376 e. The van der Waals surface area contributed by atoms with Crippen molar-refractivity contribution in [3.63, 3.8) is 0 Å². The van der Waals surface area contributed by atoms with E-state index in [2.05, 4.69) is 29.3 Å². The number of hydrogen-bond donors (Lipinski definition) is 1. The molecule has 1 aliphatic heterocycles. The highest BCUT2D eigenvalue weighted by molar-refractivity contribution is 5.08. The summed E-state index contributed by atoms with van der Waals surface area (Å²) in [7, 11) is 0. The summed E-state index contributed by atoms with van der Waals surface area (Å²) in [4.78, 5) is 2.27. The summed E-state index contributed by atoms with van der Waals surface area (Å²) in [6.07, 6.45) is 13.4. The lowest BCUT2D eigenvalue weighted by Crippen LogP contribution is -2.32. The molecule has 0 unspecified atom stereocenters. The highest BCUT2D eigenvalue weighted by Gasteiger charge is 2.18. The van der Waals surface area contributed by atoms with Crippen molar-refractivity contribution >= 4 is 0 Å². The molecule has 0 spiro atoms. The first kappa shape index (κ1) is 11.7. The van der Waals surface area contributed by atoms with E-state index in [-0.39, 0.29) is 0 Å². The predicted molar refractivity (Wildman–Crippen MR) is 66.0 cm³/mol. The Labute approximate surface area is 97.9 Å². The number of allylic oxidation sites excluding steroid dienone is 2. The van der Waals surface area contributed by atoms with Crippen LogP contribution in [-0.2, 0) is 4.74 Å². The van der Waals surface area contributed by atoms with Crippen LogP contribution in [0.15, 0.2) is 24.4 Å². The molecule has 90 valence electrons. The van der Waals surface area contributed by atoms with Crippen LogP contribution in [0, 0.1) is 0 Å². The summed E-state index contributed by atoms with van der Waals surface area (Å²) in [5.41, 5.74) is 5.86. The molecule has 2 aliphatic rings. The largest absolute Gasteiger partial charge is 0.376 e. The monoisotopic (exact) mass is 222 g/mol. The number of ether oxygens (including phenoxy) is 1. The molecule has 0 saturated heterocycles. The minimum atomic E-state index is 0.412. The van der Waals surface area contributed by atoms with Crippen LogP contribution in [0.3, 0.4) is 0 Å². The van der Waals surface area contributed by atoms with Crippen molar-refractivity contribution in [3.05, 3.63) is 24.4 Å². The van der Waals surface area contributed by atoms with E-state index >= 15 is 0 Å².